The average molecular weight is 328 g/mol. The molecule has 0 aliphatic carbocycles. The first-order valence-corrected chi connectivity index (χ1v) is 7.91. The molecule has 0 saturated heterocycles. The summed E-state index contributed by atoms with van der Waals surface area (Å²) in [5.41, 5.74) is 0.724. The molecule has 8 heteroatoms. The van der Waals surface area contributed by atoms with Crippen molar-refractivity contribution in [2.24, 2.45) is 0 Å². The van der Waals surface area contributed by atoms with Crippen molar-refractivity contribution >= 4 is 10.0 Å². The van der Waals surface area contributed by atoms with Gasteiger partial charge in [-0.1, -0.05) is 18.2 Å². The Balaban J connectivity index is 2.07. The molecule has 2 aromatic rings. The number of nitrogens with one attached hydrogen (secondary N) is 1. The Kier molecular flexibility index (Phi) is 5.40. The van der Waals surface area contributed by atoms with E-state index in [0.717, 1.165) is 5.69 Å². The molecule has 0 aliphatic heterocycles. The summed E-state index contributed by atoms with van der Waals surface area (Å²) in [5, 5.41) is 0. The predicted molar refractivity (Wildman–Crippen MR) is 76.2 cm³/mol. The molecule has 0 atom stereocenters. The minimum Gasteiger partial charge on any atom is -0.433 e. The molecule has 0 aliphatic rings. The van der Waals surface area contributed by atoms with E-state index in [1.54, 1.807) is 24.4 Å². The summed E-state index contributed by atoms with van der Waals surface area (Å²) < 4.78 is 55.5. The molecule has 22 heavy (non-hydrogen) atoms. The van der Waals surface area contributed by atoms with E-state index >= 15 is 0 Å². The Labute approximate surface area is 127 Å². The standard InChI is InChI=1S/C14H14F2N2O3S/c15-14(16)21-12-6-1-2-7-13(12)22(19,20)18-10-8-11-5-3-4-9-17-11/h1-7,9,14,18H,8,10H2. The SMILES string of the molecule is O=S(=O)(NCCc1ccccn1)c1ccccc1OC(F)F. The molecule has 5 nitrogen and oxygen atoms in total. The quantitative estimate of drug-likeness (QED) is 0.846. The van der Waals surface area contributed by atoms with Gasteiger partial charge in [0.05, 0.1) is 0 Å². The molecular formula is C14H14F2N2O3S. The zero-order valence-corrected chi connectivity index (χ0v) is 12.3. The summed E-state index contributed by atoms with van der Waals surface area (Å²) in [6.45, 7) is -2.99. The molecule has 0 fully saturated rings. The van der Waals surface area contributed by atoms with Crippen molar-refractivity contribution in [3.63, 3.8) is 0 Å². The number of hydrogen-bond donors (Lipinski definition) is 1. The molecule has 1 aromatic heterocycles. The molecule has 1 aromatic carbocycles. The number of hydrogen-bond acceptors (Lipinski definition) is 4. The number of rotatable bonds is 7. The fraction of sp³-hybridized carbons (Fsp3) is 0.214. The number of sulfonamides is 1. The lowest BCUT2D eigenvalue weighted by molar-refractivity contribution is -0.0517. The summed E-state index contributed by atoms with van der Waals surface area (Å²) >= 11 is 0. The van der Waals surface area contributed by atoms with Gasteiger partial charge in [-0.3, -0.25) is 4.98 Å². The summed E-state index contributed by atoms with van der Waals surface area (Å²) in [6, 6.07) is 10.6. The number of halogens is 2. The third kappa shape index (κ3) is 4.47. The number of nitrogens with zero attached hydrogens (tertiary/aromatic N) is 1. The van der Waals surface area contributed by atoms with Gasteiger partial charge in [-0.15, -0.1) is 0 Å². The van der Waals surface area contributed by atoms with Crippen LogP contribution >= 0.6 is 0 Å². The maximum Gasteiger partial charge on any atom is 0.387 e. The van der Waals surface area contributed by atoms with Crippen molar-refractivity contribution in [1.82, 2.24) is 9.71 Å². The van der Waals surface area contributed by atoms with Crippen molar-refractivity contribution in [2.75, 3.05) is 6.54 Å². The second kappa shape index (κ2) is 7.28. The summed E-state index contributed by atoms with van der Waals surface area (Å²) in [6.07, 6.45) is 1.99. The summed E-state index contributed by atoms with van der Waals surface area (Å²) in [5.74, 6) is -0.386. The zero-order valence-electron chi connectivity index (χ0n) is 11.4. The van der Waals surface area contributed by atoms with E-state index in [-0.39, 0.29) is 17.2 Å². The van der Waals surface area contributed by atoms with Crippen LogP contribution in [0.5, 0.6) is 5.75 Å². The Morgan fingerprint density at radius 1 is 1.14 bits per heavy atom. The maximum atomic E-state index is 12.3. The number of aromatic nitrogens is 1. The summed E-state index contributed by atoms with van der Waals surface area (Å²) in [4.78, 5) is 3.75. The van der Waals surface area contributed by atoms with Gasteiger partial charge in [0.25, 0.3) is 0 Å². The van der Waals surface area contributed by atoms with E-state index in [9.17, 15) is 17.2 Å². The number of benzene rings is 1. The largest absolute Gasteiger partial charge is 0.433 e. The second-order valence-electron chi connectivity index (χ2n) is 4.29. The van der Waals surface area contributed by atoms with E-state index < -0.39 is 16.6 Å². The highest BCUT2D eigenvalue weighted by atomic mass is 32.2. The first-order valence-electron chi connectivity index (χ1n) is 6.42. The molecular weight excluding hydrogens is 314 g/mol. The lowest BCUT2D eigenvalue weighted by atomic mass is 10.3. The number of ether oxygens (including phenoxy) is 1. The normalized spacial score (nSPS) is 11.6. The smallest absolute Gasteiger partial charge is 0.387 e. The number of para-hydroxylation sites is 1. The molecule has 0 saturated carbocycles. The first-order chi connectivity index (χ1) is 10.5. The van der Waals surface area contributed by atoms with Gasteiger partial charge in [0.1, 0.15) is 10.6 Å². The summed E-state index contributed by atoms with van der Waals surface area (Å²) in [7, 11) is -3.94. The van der Waals surface area contributed by atoms with Crippen LogP contribution in [0.15, 0.2) is 53.6 Å². The van der Waals surface area contributed by atoms with E-state index in [1.165, 1.54) is 24.3 Å². The van der Waals surface area contributed by atoms with Crippen molar-refractivity contribution in [3.8, 4) is 5.75 Å². The van der Waals surface area contributed by atoms with Crippen molar-refractivity contribution < 1.29 is 21.9 Å². The zero-order chi connectivity index (χ0) is 16.0. The first kappa shape index (κ1) is 16.3. The highest BCUT2D eigenvalue weighted by molar-refractivity contribution is 7.89. The monoisotopic (exact) mass is 328 g/mol. The molecule has 0 bridgehead atoms. The van der Waals surface area contributed by atoms with Crippen molar-refractivity contribution in [3.05, 3.63) is 54.4 Å². The average Bonchev–Trinajstić information content (AvgIpc) is 2.48. The minimum atomic E-state index is -3.94. The highest BCUT2D eigenvalue weighted by Crippen LogP contribution is 2.24. The van der Waals surface area contributed by atoms with E-state index in [0.29, 0.717) is 6.42 Å². The van der Waals surface area contributed by atoms with Crippen LogP contribution in [0.1, 0.15) is 5.69 Å². The Bertz CT molecular complexity index is 709. The van der Waals surface area contributed by atoms with Gasteiger partial charge in [-0.25, -0.2) is 13.1 Å². The van der Waals surface area contributed by atoms with Gasteiger partial charge in [0.15, 0.2) is 0 Å². The van der Waals surface area contributed by atoms with Gasteiger partial charge in [-0.2, -0.15) is 8.78 Å². The van der Waals surface area contributed by atoms with Crippen molar-refractivity contribution in [1.29, 1.82) is 0 Å². The highest BCUT2D eigenvalue weighted by Gasteiger charge is 2.20. The Morgan fingerprint density at radius 2 is 1.86 bits per heavy atom. The van der Waals surface area contributed by atoms with Gasteiger partial charge < -0.3 is 4.74 Å². The van der Waals surface area contributed by atoms with Crippen molar-refractivity contribution in [2.45, 2.75) is 17.9 Å². The minimum absolute atomic E-state index is 0.0996. The fourth-order valence-corrected chi connectivity index (χ4v) is 2.97. The fourth-order valence-electron chi connectivity index (χ4n) is 1.80. The molecule has 1 N–H and O–H groups in total. The van der Waals surface area contributed by atoms with Crippen LogP contribution in [0.3, 0.4) is 0 Å². The third-order valence-corrected chi connectivity index (χ3v) is 4.25. The molecule has 1 heterocycles. The van der Waals surface area contributed by atoms with E-state index in [1.807, 2.05) is 0 Å². The van der Waals surface area contributed by atoms with Gasteiger partial charge in [0, 0.05) is 24.9 Å². The molecule has 0 radical (unpaired) electrons. The van der Waals surface area contributed by atoms with Crippen LogP contribution in [0, 0.1) is 0 Å². The van der Waals surface area contributed by atoms with Crippen LogP contribution in [0.2, 0.25) is 0 Å². The number of pyridine rings is 1. The van der Waals surface area contributed by atoms with Gasteiger partial charge >= 0.3 is 6.61 Å². The molecule has 0 spiro atoms. The Morgan fingerprint density at radius 3 is 2.55 bits per heavy atom. The van der Waals surface area contributed by atoms with Gasteiger partial charge in [0.2, 0.25) is 10.0 Å². The van der Waals surface area contributed by atoms with E-state index in [4.69, 9.17) is 0 Å². The van der Waals surface area contributed by atoms with Crippen LogP contribution in [0.4, 0.5) is 8.78 Å². The molecule has 0 unspecified atom stereocenters. The van der Waals surface area contributed by atoms with E-state index in [2.05, 4.69) is 14.4 Å². The lowest BCUT2D eigenvalue weighted by Crippen LogP contribution is -2.26. The van der Waals surface area contributed by atoms with Gasteiger partial charge in [-0.05, 0) is 24.3 Å². The predicted octanol–water partition coefficient (Wildman–Crippen LogP) is 2.20. The van der Waals surface area contributed by atoms with Crippen LogP contribution < -0.4 is 9.46 Å². The maximum absolute atomic E-state index is 12.3. The molecule has 0 amide bonds. The van der Waals surface area contributed by atoms with Crippen LogP contribution in [0.25, 0.3) is 0 Å². The van der Waals surface area contributed by atoms with Crippen LogP contribution in [-0.4, -0.2) is 26.6 Å². The second-order valence-corrected chi connectivity index (χ2v) is 6.03. The Hall–Kier alpha value is -2.06. The van der Waals surface area contributed by atoms with Crippen LogP contribution in [-0.2, 0) is 16.4 Å². The molecule has 2 rings (SSSR count). The number of alkyl halides is 2. The lowest BCUT2D eigenvalue weighted by Gasteiger charge is -2.11. The topological polar surface area (TPSA) is 68.3 Å². The third-order valence-electron chi connectivity index (χ3n) is 2.75. The molecule has 118 valence electrons.